The van der Waals surface area contributed by atoms with Crippen molar-refractivity contribution in [2.45, 2.75) is 39.3 Å². The summed E-state index contributed by atoms with van der Waals surface area (Å²) in [4.78, 5) is 15.8. The molecule has 0 aromatic carbocycles. The normalized spacial score (nSPS) is 11.7. The fourth-order valence-corrected chi connectivity index (χ4v) is 2.29. The van der Waals surface area contributed by atoms with Gasteiger partial charge in [0.05, 0.1) is 0 Å². The van der Waals surface area contributed by atoms with Crippen molar-refractivity contribution in [3.63, 3.8) is 0 Å². The number of rotatable bonds is 4. The topological polar surface area (TPSA) is 69.0 Å². The molecule has 2 rings (SSSR count). The lowest BCUT2D eigenvalue weighted by Gasteiger charge is -2.19. The van der Waals surface area contributed by atoms with Crippen LogP contribution in [0.5, 0.6) is 0 Å². The summed E-state index contributed by atoms with van der Waals surface area (Å²) < 4.78 is 30.8. The van der Waals surface area contributed by atoms with Crippen LogP contribution in [0.15, 0.2) is 17.6 Å². The number of aromatic nitrogens is 3. The summed E-state index contributed by atoms with van der Waals surface area (Å²) in [5.74, 6) is 0.331. The summed E-state index contributed by atoms with van der Waals surface area (Å²) in [6.07, 6.45) is -1.61. The van der Waals surface area contributed by atoms with E-state index in [1.807, 2.05) is 0 Å². The number of carbonyl (C=O) groups excluding carboxylic acids is 1. The Morgan fingerprint density at radius 3 is 2.86 bits per heavy atom. The van der Waals surface area contributed by atoms with E-state index in [0.29, 0.717) is 16.5 Å². The summed E-state index contributed by atoms with van der Waals surface area (Å²) in [5, 5.41) is 8.68. The molecule has 1 amide bonds. The molecule has 0 spiro atoms. The molecule has 0 aliphatic rings. The highest BCUT2D eigenvalue weighted by molar-refractivity contribution is 7.13. The van der Waals surface area contributed by atoms with E-state index in [-0.39, 0.29) is 0 Å². The third-order valence-electron chi connectivity index (χ3n) is 2.32. The largest absolute Gasteiger partial charge is 0.444 e. The van der Waals surface area contributed by atoms with Gasteiger partial charge in [-0.3, -0.25) is 10.00 Å². The molecule has 0 saturated carbocycles. The molecule has 6 nitrogen and oxygen atoms in total. The maximum absolute atomic E-state index is 12.3. The Balaban J connectivity index is 2.02. The molecular formula is C13H16F2N4O2S. The number of amides is 1. The monoisotopic (exact) mass is 330 g/mol. The molecule has 0 bridgehead atoms. The van der Waals surface area contributed by atoms with Crippen LogP contribution in [0, 0.1) is 0 Å². The Kier molecular flexibility index (Phi) is 4.74. The van der Waals surface area contributed by atoms with Crippen molar-refractivity contribution >= 4 is 23.2 Å². The molecule has 22 heavy (non-hydrogen) atoms. The number of nitrogens with one attached hydrogen (secondary N) is 1. The summed E-state index contributed by atoms with van der Waals surface area (Å²) in [6.45, 7) is 4.81. The molecular weight excluding hydrogens is 314 g/mol. The van der Waals surface area contributed by atoms with E-state index < -0.39 is 24.7 Å². The summed E-state index contributed by atoms with van der Waals surface area (Å²) in [6, 6.07) is 1.60. The van der Waals surface area contributed by atoms with Gasteiger partial charge in [0.1, 0.15) is 28.7 Å². The first-order valence-electron chi connectivity index (χ1n) is 6.50. The molecule has 120 valence electrons. The number of hydrogen-bond donors (Lipinski definition) is 1. The van der Waals surface area contributed by atoms with E-state index in [1.54, 1.807) is 32.2 Å². The van der Waals surface area contributed by atoms with Crippen molar-refractivity contribution < 1.29 is 18.3 Å². The van der Waals surface area contributed by atoms with Crippen LogP contribution in [-0.2, 0) is 11.3 Å². The van der Waals surface area contributed by atoms with E-state index in [2.05, 4.69) is 15.4 Å². The second-order valence-electron chi connectivity index (χ2n) is 5.48. The van der Waals surface area contributed by atoms with Crippen LogP contribution in [0.4, 0.5) is 19.4 Å². The van der Waals surface area contributed by atoms with E-state index in [4.69, 9.17) is 4.74 Å². The lowest BCUT2D eigenvalue weighted by atomic mass is 10.2. The average molecular weight is 330 g/mol. The Morgan fingerprint density at radius 2 is 2.23 bits per heavy atom. The van der Waals surface area contributed by atoms with Crippen LogP contribution in [-0.4, -0.2) is 32.9 Å². The zero-order valence-corrected chi connectivity index (χ0v) is 13.2. The number of halogens is 2. The Hall–Kier alpha value is -2.03. The summed E-state index contributed by atoms with van der Waals surface area (Å²) in [7, 11) is 0. The van der Waals surface area contributed by atoms with Crippen LogP contribution in [0.3, 0.4) is 0 Å². The van der Waals surface area contributed by atoms with Crippen molar-refractivity contribution in [1.29, 1.82) is 0 Å². The van der Waals surface area contributed by atoms with Crippen molar-refractivity contribution in [2.75, 3.05) is 5.32 Å². The van der Waals surface area contributed by atoms with Gasteiger partial charge in [-0.2, -0.15) is 5.10 Å². The fourth-order valence-electron chi connectivity index (χ4n) is 1.58. The summed E-state index contributed by atoms with van der Waals surface area (Å²) in [5.41, 5.74) is -0.125. The highest BCUT2D eigenvalue weighted by Crippen LogP contribution is 2.24. The third kappa shape index (κ3) is 4.76. The Bertz CT molecular complexity index is 649. The standard InChI is InChI=1S/C13H16F2N4O2S/c1-13(2,3)21-12(20)17-10-7-22-11(16-10)8-4-5-19(18-8)6-9(14)15/h4-5,7,9H,6H2,1-3H3,(H,17,20). The quantitative estimate of drug-likeness (QED) is 0.929. The zero-order chi connectivity index (χ0) is 16.3. The molecule has 0 unspecified atom stereocenters. The van der Waals surface area contributed by atoms with Gasteiger partial charge in [-0.15, -0.1) is 11.3 Å². The number of ether oxygens (including phenoxy) is 1. The van der Waals surface area contributed by atoms with E-state index in [9.17, 15) is 13.6 Å². The lowest BCUT2D eigenvalue weighted by molar-refractivity contribution is 0.0635. The molecule has 9 heteroatoms. The fraction of sp³-hybridized carbons (Fsp3) is 0.462. The van der Waals surface area contributed by atoms with Crippen LogP contribution >= 0.6 is 11.3 Å². The number of thiazole rings is 1. The minimum absolute atomic E-state index is 0.331. The predicted molar refractivity (Wildman–Crippen MR) is 79.2 cm³/mol. The number of hydrogen-bond acceptors (Lipinski definition) is 5. The third-order valence-corrected chi connectivity index (χ3v) is 3.18. The Morgan fingerprint density at radius 1 is 1.50 bits per heavy atom. The zero-order valence-electron chi connectivity index (χ0n) is 12.3. The number of carbonyl (C=O) groups is 1. The summed E-state index contributed by atoms with van der Waals surface area (Å²) >= 11 is 1.25. The van der Waals surface area contributed by atoms with Gasteiger partial charge in [-0.25, -0.2) is 18.6 Å². The van der Waals surface area contributed by atoms with E-state index in [1.165, 1.54) is 17.5 Å². The number of alkyl halides is 2. The minimum Gasteiger partial charge on any atom is -0.444 e. The second-order valence-corrected chi connectivity index (χ2v) is 6.34. The van der Waals surface area contributed by atoms with E-state index in [0.717, 1.165) is 4.68 Å². The molecule has 2 aromatic heterocycles. The highest BCUT2D eigenvalue weighted by atomic mass is 32.1. The van der Waals surface area contributed by atoms with Gasteiger partial charge in [-0.1, -0.05) is 0 Å². The second kappa shape index (κ2) is 6.39. The smallest absolute Gasteiger partial charge is 0.413 e. The predicted octanol–water partition coefficient (Wildman–Crippen LogP) is 3.62. The first-order valence-corrected chi connectivity index (χ1v) is 7.38. The number of anilines is 1. The molecule has 2 heterocycles. The SMILES string of the molecule is CC(C)(C)OC(=O)Nc1csc(-c2ccn(CC(F)F)n2)n1. The highest BCUT2D eigenvalue weighted by Gasteiger charge is 2.17. The van der Waals surface area contributed by atoms with Crippen molar-refractivity contribution in [3.8, 4) is 10.7 Å². The first kappa shape index (κ1) is 16.3. The number of nitrogens with zero attached hydrogens (tertiary/aromatic N) is 3. The van der Waals surface area contributed by atoms with Crippen molar-refractivity contribution in [1.82, 2.24) is 14.8 Å². The van der Waals surface area contributed by atoms with Gasteiger partial charge in [0.25, 0.3) is 6.43 Å². The Labute approximate surface area is 130 Å². The molecule has 0 fully saturated rings. The van der Waals surface area contributed by atoms with Crippen LogP contribution in [0.2, 0.25) is 0 Å². The van der Waals surface area contributed by atoms with Gasteiger partial charge in [0.2, 0.25) is 0 Å². The molecule has 0 saturated heterocycles. The molecule has 1 N–H and O–H groups in total. The van der Waals surface area contributed by atoms with Crippen LogP contribution < -0.4 is 5.32 Å². The molecule has 0 atom stereocenters. The first-order chi connectivity index (χ1) is 10.2. The van der Waals surface area contributed by atoms with Crippen LogP contribution in [0.25, 0.3) is 10.7 Å². The lowest BCUT2D eigenvalue weighted by Crippen LogP contribution is -2.27. The molecule has 0 radical (unpaired) electrons. The minimum atomic E-state index is -2.46. The molecule has 0 aliphatic heterocycles. The van der Waals surface area contributed by atoms with E-state index >= 15 is 0 Å². The van der Waals surface area contributed by atoms with Gasteiger partial charge in [0.15, 0.2) is 0 Å². The van der Waals surface area contributed by atoms with Crippen molar-refractivity contribution in [2.24, 2.45) is 0 Å². The van der Waals surface area contributed by atoms with Gasteiger partial charge in [-0.05, 0) is 26.8 Å². The average Bonchev–Trinajstić information content (AvgIpc) is 2.94. The molecule has 0 aliphatic carbocycles. The maximum Gasteiger partial charge on any atom is 0.413 e. The van der Waals surface area contributed by atoms with Crippen LogP contribution in [0.1, 0.15) is 20.8 Å². The molecule has 2 aromatic rings. The maximum atomic E-state index is 12.3. The van der Waals surface area contributed by atoms with Gasteiger partial charge in [0, 0.05) is 11.6 Å². The van der Waals surface area contributed by atoms with Crippen molar-refractivity contribution in [3.05, 3.63) is 17.6 Å². The van der Waals surface area contributed by atoms with Gasteiger partial charge >= 0.3 is 6.09 Å². The van der Waals surface area contributed by atoms with Gasteiger partial charge < -0.3 is 4.74 Å².